The lowest BCUT2D eigenvalue weighted by molar-refractivity contribution is 0.660. The predicted molar refractivity (Wildman–Crippen MR) is 187 cm³/mol. The van der Waals surface area contributed by atoms with Crippen LogP contribution >= 0.6 is 0 Å². The molecule has 0 aliphatic heterocycles. The van der Waals surface area contributed by atoms with Gasteiger partial charge in [0.05, 0.1) is 5.69 Å². The molecule has 1 aliphatic rings. The van der Waals surface area contributed by atoms with Crippen LogP contribution in [0.25, 0.3) is 44.2 Å². The normalized spacial score (nSPS) is 13.0. The minimum Gasteiger partial charge on any atom is -0.310 e. The van der Waals surface area contributed by atoms with Crippen molar-refractivity contribution in [3.05, 3.63) is 175 Å². The van der Waals surface area contributed by atoms with Gasteiger partial charge >= 0.3 is 0 Å². The van der Waals surface area contributed by atoms with Crippen LogP contribution in [0.4, 0.5) is 17.1 Å². The zero-order valence-electron chi connectivity index (χ0n) is 25.0. The van der Waals surface area contributed by atoms with Crippen LogP contribution in [0.1, 0.15) is 25.0 Å². The van der Waals surface area contributed by atoms with E-state index in [4.69, 9.17) is 0 Å². The maximum Gasteiger partial charge on any atom is 0.0543 e. The fourth-order valence-corrected chi connectivity index (χ4v) is 7.00. The fourth-order valence-electron chi connectivity index (χ4n) is 7.00. The highest BCUT2D eigenvalue weighted by molar-refractivity contribution is 5.97. The second-order valence-electron chi connectivity index (χ2n) is 12.2. The van der Waals surface area contributed by atoms with Gasteiger partial charge in [0.25, 0.3) is 0 Å². The Morgan fingerprint density at radius 1 is 0.409 bits per heavy atom. The number of anilines is 3. The van der Waals surface area contributed by atoms with E-state index < -0.39 is 0 Å². The monoisotopic (exact) mass is 563 g/mol. The first-order valence-corrected chi connectivity index (χ1v) is 15.4. The summed E-state index contributed by atoms with van der Waals surface area (Å²) >= 11 is 0. The molecule has 0 heterocycles. The third-order valence-electron chi connectivity index (χ3n) is 9.23. The molecule has 1 aliphatic carbocycles. The summed E-state index contributed by atoms with van der Waals surface area (Å²) in [5.41, 5.74) is 13.6. The van der Waals surface area contributed by atoms with Crippen LogP contribution in [0.3, 0.4) is 0 Å². The Balaban J connectivity index is 1.34. The Morgan fingerprint density at radius 2 is 1.00 bits per heavy atom. The van der Waals surface area contributed by atoms with Crippen molar-refractivity contribution in [2.24, 2.45) is 0 Å². The van der Waals surface area contributed by atoms with Gasteiger partial charge in [-0.05, 0) is 86.1 Å². The van der Waals surface area contributed by atoms with Gasteiger partial charge in [0.15, 0.2) is 0 Å². The van der Waals surface area contributed by atoms with Gasteiger partial charge in [0, 0.05) is 22.4 Å². The highest BCUT2D eigenvalue weighted by Crippen LogP contribution is 2.54. The summed E-state index contributed by atoms with van der Waals surface area (Å²) in [4.78, 5) is 2.45. The average molecular weight is 564 g/mol. The number of benzene rings is 7. The van der Waals surface area contributed by atoms with Crippen LogP contribution in [-0.4, -0.2) is 0 Å². The molecular formula is C43H33N. The first-order valence-electron chi connectivity index (χ1n) is 15.4. The van der Waals surface area contributed by atoms with Crippen molar-refractivity contribution in [2.45, 2.75) is 19.3 Å². The van der Waals surface area contributed by atoms with E-state index in [1.54, 1.807) is 0 Å². The number of rotatable bonds is 5. The average Bonchev–Trinajstić information content (AvgIpc) is 3.32. The Morgan fingerprint density at radius 3 is 1.84 bits per heavy atom. The quantitative estimate of drug-likeness (QED) is 0.201. The summed E-state index contributed by atoms with van der Waals surface area (Å²) in [6.07, 6.45) is 0. The summed E-state index contributed by atoms with van der Waals surface area (Å²) in [6.45, 7) is 4.70. The summed E-state index contributed by atoms with van der Waals surface area (Å²) < 4.78 is 0. The first kappa shape index (κ1) is 26.2. The van der Waals surface area contributed by atoms with Crippen molar-refractivity contribution in [2.75, 3.05) is 4.90 Å². The Hall–Kier alpha value is -5.40. The van der Waals surface area contributed by atoms with Crippen LogP contribution in [-0.2, 0) is 5.41 Å². The molecule has 0 N–H and O–H groups in total. The molecule has 7 aromatic rings. The minimum absolute atomic E-state index is 0.0727. The smallest absolute Gasteiger partial charge is 0.0543 e. The highest BCUT2D eigenvalue weighted by Gasteiger charge is 2.37. The molecule has 0 unspecified atom stereocenters. The van der Waals surface area contributed by atoms with E-state index in [9.17, 15) is 0 Å². The van der Waals surface area contributed by atoms with E-state index in [-0.39, 0.29) is 5.41 Å². The molecule has 0 saturated carbocycles. The molecule has 0 spiro atoms. The molecule has 210 valence electrons. The van der Waals surface area contributed by atoms with Crippen LogP contribution in [0.2, 0.25) is 0 Å². The first-order chi connectivity index (χ1) is 21.6. The number of nitrogens with zero attached hydrogens (tertiary/aromatic N) is 1. The molecule has 1 nitrogen and oxygen atoms in total. The van der Waals surface area contributed by atoms with E-state index in [0.717, 1.165) is 11.4 Å². The second kappa shape index (κ2) is 10.4. The van der Waals surface area contributed by atoms with E-state index in [1.807, 2.05) is 0 Å². The van der Waals surface area contributed by atoms with Gasteiger partial charge in [0.1, 0.15) is 0 Å². The summed E-state index contributed by atoms with van der Waals surface area (Å²) in [6, 6.07) is 59.6. The lowest BCUT2D eigenvalue weighted by Gasteiger charge is -2.29. The summed E-state index contributed by atoms with van der Waals surface area (Å²) in [7, 11) is 0. The van der Waals surface area contributed by atoms with Gasteiger partial charge in [-0.1, -0.05) is 141 Å². The zero-order chi connectivity index (χ0) is 29.7. The SMILES string of the molecule is CC1(C)c2ccccc2-c2c(N(c3cccc(-c4cccc(-c5ccccc5)c4)c3)c3ccc4ccccc4c3)cccc21. The van der Waals surface area contributed by atoms with Crippen molar-refractivity contribution < 1.29 is 0 Å². The molecule has 0 amide bonds. The van der Waals surface area contributed by atoms with Crippen LogP contribution in [0.15, 0.2) is 164 Å². The summed E-state index contributed by atoms with van der Waals surface area (Å²) in [5.74, 6) is 0. The molecule has 0 saturated heterocycles. The molecule has 0 bridgehead atoms. The van der Waals surface area contributed by atoms with Gasteiger partial charge in [-0.2, -0.15) is 0 Å². The highest BCUT2D eigenvalue weighted by atomic mass is 15.1. The third-order valence-corrected chi connectivity index (χ3v) is 9.23. The largest absolute Gasteiger partial charge is 0.310 e. The van der Waals surface area contributed by atoms with E-state index in [0.29, 0.717) is 0 Å². The number of hydrogen-bond acceptors (Lipinski definition) is 1. The fraction of sp³-hybridized carbons (Fsp3) is 0.0698. The molecule has 44 heavy (non-hydrogen) atoms. The van der Waals surface area contributed by atoms with Crippen LogP contribution in [0.5, 0.6) is 0 Å². The standard InChI is InChI=1S/C43H33N/c1-43(2)39-22-9-8-21-38(39)42-40(43)23-12-24-41(42)44(37-26-25-31-15-6-7-16-34(31)28-37)36-20-11-19-35(29-36)33-18-10-17-32(27-33)30-13-4-3-5-14-30/h3-29H,1-2H3. The molecule has 0 atom stereocenters. The van der Waals surface area contributed by atoms with Gasteiger partial charge in [0.2, 0.25) is 0 Å². The maximum atomic E-state index is 2.45. The summed E-state index contributed by atoms with van der Waals surface area (Å²) in [5, 5.41) is 2.47. The Bertz CT molecular complexity index is 2150. The lowest BCUT2D eigenvalue weighted by Crippen LogP contribution is -2.16. The molecular weight excluding hydrogens is 530 g/mol. The van der Waals surface area contributed by atoms with Gasteiger partial charge in [-0.25, -0.2) is 0 Å². The third kappa shape index (κ3) is 4.32. The molecule has 0 fully saturated rings. The molecule has 7 aromatic carbocycles. The zero-order valence-corrected chi connectivity index (χ0v) is 25.0. The minimum atomic E-state index is -0.0727. The van der Waals surface area contributed by atoms with Crippen molar-refractivity contribution in [3.8, 4) is 33.4 Å². The Kier molecular flexibility index (Phi) is 6.20. The van der Waals surface area contributed by atoms with Crippen molar-refractivity contribution >= 4 is 27.8 Å². The molecule has 0 aromatic heterocycles. The maximum absolute atomic E-state index is 2.45. The van der Waals surface area contributed by atoms with Crippen LogP contribution < -0.4 is 4.90 Å². The topological polar surface area (TPSA) is 3.24 Å². The predicted octanol–water partition coefficient (Wildman–Crippen LogP) is 11.9. The van der Waals surface area contributed by atoms with E-state index >= 15 is 0 Å². The molecule has 0 radical (unpaired) electrons. The number of fused-ring (bicyclic) bond motifs is 4. The van der Waals surface area contributed by atoms with E-state index in [2.05, 4.69) is 183 Å². The molecule has 1 heteroatoms. The molecule has 8 rings (SSSR count). The van der Waals surface area contributed by atoms with Crippen molar-refractivity contribution in [1.29, 1.82) is 0 Å². The second-order valence-corrected chi connectivity index (χ2v) is 12.2. The Labute approximate surface area is 259 Å². The van der Waals surface area contributed by atoms with Gasteiger partial charge in [-0.3, -0.25) is 0 Å². The van der Waals surface area contributed by atoms with E-state index in [1.165, 1.54) is 61.0 Å². The van der Waals surface area contributed by atoms with Crippen molar-refractivity contribution in [1.82, 2.24) is 0 Å². The number of hydrogen-bond donors (Lipinski definition) is 0. The van der Waals surface area contributed by atoms with Gasteiger partial charge < -0.3 is 4.90 Å². The van der Waals surface area contributed by atoms with Crippen LogP contribution in [0, 0.1) is 0 Å². The van der Waals surface area contributed by atoms with Gasteiger partial charge in [-0.15, -0.1) is 0 Å². The lowest BCUT2D eigenvalue weighted by atomic mass is 9.82. The van der Waals surface area contributed by atoms with Crippen molar-refractivity contribution in [3.63, 3.8) is 0 Å².